The first-order valence-electron chi connectivity index (χ1n) is 6.11. The molecule has 0 bridgehead atoms. The van der Waals surface area contributed by atoms with E-state index in [-0.39, 0.29) is 24.9 Å². The van der Waals surface area contributed by atoms with Gasteiger partial charge in [-0.15, -0.1) is 0 Å². The van der Waals surface area contributed by atoms with Gasteiger partial charge in [-0.05, 0) is 0 Å². The number of hydrogen-bond donors (Lipinski definition) is 1. The Bertz CT molecular complexity index is 401. The van der Waals surface area contributed by atoms with Crippen molar-refractivity contribution in [1.82, 2.24) is 0 Å². The van der Waals surface area contributed by atoms with E-state index in [0.717, 1.165) is 0 Å². The lowest BCUT2D eigenvalue weighted by Crippen LogP contribution is -2.44. The Morgan fingerprint density at radius 3 is 2.55 bits per heavy atom. The zero-order valence-electron chi connectivity index (χ0n) is 11.7. The van der Waals surface area contributed by atoms with E-state index >= 15 is 0 Å². The molecule has 0 saturated carbocycles. The van der Waals surface area contributed by atoms with Crippen LogP contribution in [0, 0.1) is 10.8 Å². The van der Waals surface area contributed by atoms with Gasteiger partial charge < -0.3 is 24.1 Å². The topological polar surface area (TPSA) is 102 Å². The van der Waals surface area contributed by atoms with Gasteiger partial charge in [0.15, 0.2) is 17.9 Å². The first-order chi connectivity index (χ1) is 9.32. The molecule has 0 aromatic heterocycles. The highest BCUT2D eigenvalue weighted by Gasteiger charge is 2.33. The van der Waals surface area contributed by atoms with Gasteiger partial charge >= 0.3 is 18.1 Å². The predicted molar refractivity (Wildman–Crippen MR) is 66.8 cm³/mol. The Hall–Kier alpha value is -1.85. The second kappa shape index (κ2) is 7.07. The van der Waals surface area contributed by atoms with Gasteiger partial charge in [0.1, 0.15) is 6.10 Å². The molecule has 0 unspecified atom stereocenters. The van der Waals surface area contributed by atoms with Gasteiger partial charge in [0.25, 0.3) is 0 Å². The summed E-state index contributed by atoms with van der Waals surface area (Å²) in [6.45, 7) is 5.93. The van der Waals surface area contributed by atoms with Gasteiger partial charge in [-0.25, -0.2) is 4.79 Å². The van der Waals surface area contributed by atoms with Crippen molar-refractivity contribution in [3.63, 3.8) is 0 Å². The smallest absolute Gasteiger partial charge is 0.429 e. The summed E-state index contributed by atoms with van der Waals surface area (Å²) in [5.41, 5.74) is -0.150. The summed E-state index contributed by atoms with van der Waals surface area (Å²) < 4.78 is 20.5. The van der Waals surface area contributed by atoms with Gasteiger partial charge in [-0.1, -0.05) is 20.8 Å². The lowest BCUT2D eigenvalue weighted by atomic mass is 9.95. The molecule has 0 aliphatic carbocycles. The average molecular weight is 287 g/mol. The highest BCUT2D eigenvalue weighted by atomic mass is 16.7. The van der Waals surface area contributed by atoms with Crippen molar-refractivity contribution in [2.24, 2.45) is 5.41 Å². The lowest BCUT2D eigenvalue weighted by Gasteiger charge is -2.36. The molecule has 0 radical (unpaired) electrons. The quantitative estimate of drug-likeness (QED) is 0.475. The van der Waals surface area contributed by atoms with Crippen molar-refractivity contribution >= 4 is 5.97 Å². The molecule has 112 valence electrons. The van der Waals surface area contributed by atoms with E-state index in [4.69, 9.17) is 24.7 Å². The van der Waals surface area contributed by atoms with E-state index in [9.17, 15) is 4.79 Å². The highest BCUT2D eigenvalue weighted by Crippen LogP contribution is 2.26. The minimum absolute atomic E-state index is 0.150. The van der Waals surface area contributed by atoms with Crippen LogP contribution in [-0.4, -0.2) is 43.3 Å². The lowest BCUT2D eigenvalue weighted by molar-refractivity contribution is -0.258. The number of esters is 1. The number of carbonyl (C=O) groups excluding carboxylic acids is 1. The molecule has 1 saturated heterocycles. The SMILES string of the molecule is CC(C)(C)C1OCC(OC(=O)CO/C(O)=C/[N+]#N)CO1. The van der Waals surface area contributed by atoms with Crippen LogP contribution in [0.25, 0.3) is 4.98 Å². The number of rotatable bonds is 4. The Balaban J connectivity index is 2.29. The molecule has 8 heteroatoms. The van der Waals surface area contributed by atoms with E-state index in [1.165, 1.54) is 0 Å². The van der Waals surface area contributed by atoms with Crippen molar-refractivity contribution in [1.29, 1.82) is 5.39 Å². The van der Waals surface area contributed by atoms with E-state index in [0.29, 0.717) is 6.20 Å². The fourth-order valence-electron chi connectivity index (χ4n) is 1.49. The van der Waals surface area contributed by atoms with Crippen molar-refractivity contribution in [2.75, 3.05) is 19.8 Å². The van der Waals surface area contributed by atoms with Crippen LogP contribution >= 0.6 is 0 Å². The van der Waals surface area contributed by atoms with Crippen LogP contribution in [0.4, 0.5) is 0 Å². The molecule has 0 atom stereocenters. The van der Waals surface area contributed by atoms with Crippen LogP contribution < -0.4 is 0 Å². The first kappa shape index (κ1) is 16.2. The maximum atomic E-state index is 11.4. The second-order valence-corrected chi connectivity index (χ2v) is 5.35. The van der Waals surface area contributed by atoms with Gasteiger partial charge in [0.05, 0.1) is 13.2 Å². The summed E-state index contributed by atoms with van der Waals surface area (Å²) in [5, 5.41) is 17.1. The molecule has 20 heavy (non-hydrogen) atoms. The molecular weight excluding hydrogens is 268 g/mol. The minimum Gasteiger partial charge on any atom is -0.476 e. The number of diazo groups is 1. The zero-order chi connectivity index (χ0) is 15.2. The van der Waals surface area contributed by atoms with Crippen LogP contribution in [-0.2, 0) is 23.7 Å². The maximum Gasteiger partial charge on any atom is 0.429 e. The normalized spacial score (nSPS) is 23.8. The summed E-state index contributed by atoms with van der Waals surface area (Å²) in [6, 6.07) is 0. The Morgan fingerprint density at radius 1 is 1.45 bits per heavy atom. The monoisotopic (exact) mass is 287 g/mol. The number of aliphatic hydroxyl groups is 1. The molecule has 1 aliphatic heterocycles. The Kier molecular flexibility index (Phi) is 5.73. The molecule has 1 fully saturated rings. The zero-order valence-corrected chi connectivity index (χ0v) is 11.7. The molecule has 1 N–H and O–H groups in total. The van der Waals surface area contributed by atoms with E-state index in [1.54, 1.807) is 0 Å². The third-order valence-electron chi connectivity index (χ3n) is 2.38. The molecule has 0 aromatic carbocycles. The number of nitrogens with zero attached hydrogens (tertiary/aromatic N) is 2. The fraction of sp³-hybridized carbons (Fsp3) is 0.750. The number of ether oxygens (including phenoxy) is 4. The molecule has 1 heterocycles. The van der Waals surface area contributed by atoms with Crippen LogP contribution in [0.2, 0.25) is 0 Å². The van der Waals surface area contributed by atoms with Gasteiger partial charge in [-0.3, -0.25) is 0 Å². The predicted octanol–water partition coefficient (Wildman–Crippen LogP) is 1.54. The largest absolute Gasteiger partial charge is 0.476 e. The molecule has 0 aromatic rings. The van der Waals surface area contributed by atoms with Gasteiger partial charge in [-0.2, -0.15) is 0 Å². The van der Waals surface area contributed by atoms with Gasteiger partial charge in [0.2, 0.25) is 5.39 Å². The van der Waals surface area contributed by atoms with Crippen LogP contribution in [0.1, 0.15) is 20.8 Å². The van der Waals surface area contributed by atoms with Crippen molar-refractivity contribution in [2.45, 2.75) is 33.2 Å². The van der Waals surface area contributed by atoms with Crippen molar-refractivity contribution < 1.29 is 28.8 Å². The molecule has 0 spiro atoms. The minimum atomic E-state index is -0.687. The van der Waals surface area contributed by atoms with E-state index < -0.39 is 24.6 Å². The number of carbonyl (C=O) groups is 1. The fourth-order valence-corrected chi connectivity index (χ4v) is 1.49. The van der Waals surface area contributed by atoms with Crippen LogP contribution in [0.5, 0.6) is 0 Å². The molecule has 8 nitrogen and oxygen atoms in total. The third kappa shape index (κ3) is 5.42. The van der Waals surface area contributed by atoms with Gasteiger partial charge in [0, 0.05) is 5.41 Å². The summed E-state index contributed by atoms with van der Waals surface area (Å²) in [7, 11) is 0. The van der Waals surface area contributed by atoms with Crippen molar-refractivity contribution in [3.05, 3.63) is 17.1 Å². The summed E-state index contributed by atoms with van der Waals surface area (Å²) >= 11 is 0. The molecule has 0 amide bonds. The van der Waals surface area contributed by atoms with E-state index in [2.05, 4.69) is 9.71 Å². The molecular formula is C12H19N2O6+. The summed E-state index contributed by atoms with van der Waals surface area (Å²) in [5.74, 6) is -1.37. The maximum absolute atomic E-state index is 11.4. The number of aliphatic hydroxyl groups excluding tert-OH is 1. The first-order valence-corrected chi connectivity index (χ1v) is 6.11. The van der Waals surface area contributed by atoms with Crippen molar-refractivity contribution in [3.8, 4) is 0 Å². The molecule has 1 rings (SSSR count). The Labute approximate surface area is 116 Å². The highest BCUT2D eigenvalue weighted by molar-refractivity contribution is 5.71. The van der Waals surface area contributed by atoms with Crippen LogP contribution in [0.3, 0.4) is 0 Å². The van der Waals surface area contributed by atoms with Crippen LogP contribution in [0.15, 0.2) is 12.1 Å². The molecule has 1 aliphatic rings. The second-order valence-electron chi connectivity index (χ2n) is 5.35. The summed E-state index contributed by atoms with van der Waals surface area (Å²) in [4.78, 5) is 13.9. The number of hydrogen-bond acceptors (Lipinski definition) is 7. The summed E-state index contributed by atoms with van der Waals surface area (Å²) in [6.07, 6.45) is -0.209. The average Bonchev–Trinajstić information content (AvgIpc) is 2.36. The van der Waals surface area contributed by atoms with E-state index in [1.807, 2.05) is 20.8 Å². The third-order valence-corrected chi connectivity index (χ3v) is 2.38. The Morgan fingerprint density at radius 2 is 2.05 bits per heavy atom. The standard InChI is InChI=1S/C12H18N2O6/c1-12(2,3)11-18-5-8(6-19-11)20-10(16)7-17-9(15)4-14-13/h4,8,11H,5-7H2,1-3H3/p+1/b9-4+.